The van der Waals surface area contributed by atoms with Gasteiger partial charge in [-0.25, -0.2) is 0 Å². The molecule has 0 saturated carbocycles. The lowest BCUT2D eigenvalue weighted by atomic mass is 10.1. The van der Waals surface area contributed by atoms with Crippen molar-refractivity contribution >= 4 is 28.5 Å². The van der Waals surface area contributed by atoms with Gasteiger partial charge in [-0.05, 0) is 31.5 Å². The van der Waals surface area contributed by atoms with Crippen LogP contribution < -0.4 is 0 Å². The summed E-state index contributed by atoms with van der Waals surface area (Å²) in [5.74, 6) is -0.786. The second-order valence-corrected chi connectivity index (χ2v) is 4.60. The Bertz CT molecular complexity index is 587. The van der Waals surface area contributed by atoms with Crippen LogP contribution in [0, 0.1) is 13.8 Å². The van der Waals surface area contributed by atoms with Crippen molar-refractivity contribution in [3.63, 3.8) is 0 Å². The molecule has 0 spiro atoms. The Morgan fingerprint density at radius 3 is 2.76 bits per heavy atom. The highest BCUT2D eigenvalue weighted by molar-refractivity contribution is 6.32. The molecule has 1 aromatic carbocycles. The average molecular weight is 252 g/mol. The van der Waals surface area contributed by atoms with Gasteiger partial charge in [0.2, 0.25) is 0 Å². The van der Waals surface area contributed by atoms with Crippen LogP contribution in [0.5, 0.6) is 0 Å². The molecule has 90 valence electrons. The number of aryl methyl sites for hydroxylation is 3. The highest BCUT2D eigenvalue weighted by Crippen LogP contribution is 2.28. The molecule has 0 aliphatic carbocycles. The number of halogens is 1. The predicted octanol–water partition coefficient (Wildman–Crippen LogP) is 3.39. The molecule has 3 nitrogen and oxygen atoms in total. The molecule has 0 atom stereocenters. The summed E-state index contributed by atoms with van der Waals surface area (Å²) in [4.78, 5) is 10.7. The number of benzene rings is 1. The van der Waals surface area contributed by atoms with Gasteiger partial charge in [0.1, 0.15) is 0 Å². The van der Waals surface area contributed by atoms with E-state index in [1.165, 1.54) is 0 Å². The Labute approximate surface area is 105 Å². The molecular weight excluding hydrogens is 238 g/mol. The van der Waals surface area contributed by atoms with Crippen LogP contribution in [-0.2, 0) is 11.3 Å². The van der Waals surface area contributed by atoms with E-state index in [0.29, 0.717) is 11.6 Å². The Balaban J connectivity index is 2.56. The largest absolute Gasteiger partial charge is 0.481 e. The number of hydrogen-bond acceptors (Lipinski definition) is 1. The maximum atomic E-state index is 10.7. The number of carbonyl (C=O) groups is 1. The van der Waals surface area contributed by atoms with E-state index in [0.717, 1.165) is 22.2 Å². The highest BCUT2D eigenvalue weighted by atomic mass is 35.5. The normalized spacial score (nSPS) is 11.0. The van der Waals surface area contributed by atoms with Crippen LogP contribution in [0.3, 0.4) is 0 Å². The summed E-state index contributed by atoms with van der Waals surface area (Å²) in [6.07, 6.45) is 0.122. The summed E-state index contributed by atoms with van der Waals surface area (Å²) in [6.45, 7) is 4.42. The van der Waals surface area contributed by atoms with Crippen LogP contribution in [0.1, 0.15) is 17.7 Å². The Morgan fingerprint density at radius 1 is 1.41 bits per heavy atom. The summed E-state index contributed by atoms with van der Waals surface area (Å²) >= 11 is 6.10. The zero-order valence-corrected chi connectivity index (χ0v) is 10.6. The van der Waals surface area contributed by atoms with Gasteiger partial charge >= 0.3 is 5.97 Å². The fraction of sp³-hybridized carbons (Fsp3) is 0.308. The number of aromatic nitrogens is 1. The zero-order chi connectivity index (χ0) is 12.6. The van der Waals surface area contributed by atoms with Gasteiger partial charge in [0, 0.05) is 22.6 Å². The molecular formula is C13H14ClNO2. The minimum absolute atomic E-state index is 0.122. The van der Waals surface area contributed by atoms with Crippen LogP contribution in [0.2, 0.25) is 5.02 Å². The van der Waals surface area contributed by atoms with E-state index in [9.17, 15) is 4.79 Å². The van der Waals surface area contributed by atoms with E-state index in [1.807, 2.05) is 30.5 Å². The van der Waals surface area contributed by atoms with E-state index >= 15 is 0 Å². The first-order chi connectivity index (χ1) is 8.00. The van der Waals surface area contributed by atoms with Crippen molar-refractivity contribution in [3.8, 4) is 0 Å². The molecule has 1 N–H and O–H groups in total. The first-order valence-corrected chi connectivity index (χ1v) is 5.85. The van der Waals surface area contributed by atoms with Crippen molar-refractivity contribution in [2.24, 2.45) is 0 Å². The van der Waals surface area contributed by atoms with Crippen molar-refractivity contribution in [3.05, 3.63) is 34.5 Å². The van der Waals surface area contributed by atoms with E-state index in [1.54, 1.807) is 0 Å². The van der Waals surface area contributed by atoms with Gasteiger partial charge < -0.3 is 9.67 Å². The fourth-order valence-corrected chi connectivity index (χ4v) is 2.30. The molecule has 0 bridgehead atoms. The van der Waals surface area contributed by atoms with Crippen molar-refractivity contribution in [1.29, 1.82) is 0 Å². The van der Waals surface area contributed by atoms with Crippen molar-refractivity contribution < 1.29 is 9.90 Å². The topological polar surface area (TPSA) is 42.2 Å². The van der Waals surface area contributed by atoms with Crippen molar-refractivity contribution in [1.82, 2.24) is 4.57 Å². The van der Waals surface area contributed by atoms with Crippen LogP contribution in [0.25, 0.3) is 10.9 Å². The molecule has 0 radical (unpaired) electrons. The van der Waals surface area contributed by atoms with E-state index in [-0.39, 0.29) is 6.42 Å². The Morgan fingerprint density at radius 2 is 2.12 bits per heavy atom. The minimum atomic E-state index is -0.786. The average Bonchev–Trinajstić information content (AvgIpc) is 2.58. The minimum Gasteiger partial charge on any atom is -0.481 e. The van der Waals surface area contributed by atoms with Crippen molar-refractivity contribution in [2.75, 3.05) is 0 Å². The molecule has 0 aliphatic rings. The summed E-state index contributed by atoms with van der Waals surface area (Å²) < 4.78 is 2.02. The fourth-order valence-electron chi connectivity index (χ4n) is 2.15. The molecule has 1 aromatic heterocycles. The first-order valence-electron chi connectivity index (χ1n) is 5.47. The van der Waals surface area contributed by atoms with Gasteiger partial charge in [0.15, 0.2) is 0 Å². The number of nitrogens with zero attached hydrogens (tertiary/aromatic N) is 1. The summed E-state index contributed by atoms with van der Waals surface area (Å²) in [5.41, 5.74) is 3.10. The van der Waals surface area contributed by atoms with E-state index in [4.69, 9.17) is 16.7 Å². The van der Waals surface area contributed by atoms with Crippen LogP contribution in [0.15, 0.2) is 18.2 Å². The molecule has 0 fully saturated rings. The molecule has 0 unspecified atom stereocenters. The third-order valence-electron chi connectivity index (χ3n) is 3.01. The van der Waals surface area contributed by atoms with E-state index in [2.05, 4.69) is 6.07 Å². The molecule has 0 amide bonds. The van der Waals surface area contributed by atoms with Gasteiger partial charge in [-0.3, -0.25) is 4.79 Å². The molecule has 0 aliphatic heterocycles. The predicted molar refractivity (Wildman–Crippen MR) is 68.7 cm³/mol. The van der Waals surface area contributed by atoms with Gasteiger partial charge in [0.25, 0.3) is 0 Å². The number of rotatable bonds is 3. The Hall–Kier alpha value is -1.48. The molecule has 4 heteroatoms. The molecule has 17 heavy (non-hydrogen) atoms. The highest BCUT2D eigenvalue weighted by Gasteiger charge is 2.11. The smallest absolute Gasteiger partial charge is 0.305 e. The number of aliphatic carboxylic acids is 1. The summed E-state index contributed by atoms with van der Waals surface area (Å²) in [5, 5.41) is 10.6. The van der Waals surface area contributed by atoms with Gasteiger partial charge in [-0.2, -0.15) is 0 Å². The molecule has 0 saturated heterocycles. The zero-order valence-electron chi connectivity index (χ0n) is 9.83. The maximum absolute atomic E-state index is 10.7. The van der Waals surface area contributed by atoms with Crippen LogP contribution in [-0.4, -0.2) is 15.6 Å². The lowest BCUT2D eigenvalue weighted by Crippen LogP contribution is -2.06. The third kappa shape index (κ3) is 2.15. The first kappa shape index (κ1) is 12.0. The second-order valence-electron chi connectivity index (χ2n) is 4.19. The summed E-state index contributed by atoms with van der Waals surface area (Å²) in [6, 6.07) is 5.90. The van der Waals surface area contributed by atoms with Gasteiger partial charge in [-0.15, -0.1) is 0 Å². The number of fused-ring (bicyclic) bond motifs is 1. The standard InChI is InChI=1S/C13H14ClNO2/c1-8-7-10-3-4-11(14)9(2)13(10)15(8)6-5-12(16)17/h3-4,7H,5-6H2,1-2H3,(H,16,17). The third-order valence-corrected chi connectivity index (χ3v) is 3.41. The second kappa shape index (κ2) is 4.41. The number of hydrogen-bond donors (Lipinski definition) is 1. The monoisotopic (exact) mass is 251 g/mol. The molecule has 2 rings (SSSR count). The van der Waals surface area contributed by atoms with Crippen LogP contribution >= 0.6 is 11.6 Å². The van der Waals surface area contributed by atoms with Crippen molar-refractivity contribution in [2.45, 2.75) is 26.8 Å². The lowest BCUT2D eigenvalue weighted by Gasteiger charge is -2.09. The quantitative estimate of drug-likeness (QED) is 0.909. The van der Waals surface area contributed by atoms with Gasteiger partial charge in [-0.1, -0.05) is 17.7 Å². The molecule has 1 heterocycles. The maximum Gasteiger partial charge on any atom is 0.305 e. The van der Waals surface area contributed by atoms with E-state index < -0.39 is 5.97 Å². The SMILES string of the molecule is Cc1c(Cl)ccc2cc(C)n(CCC(=O)O)c12. The molecule has 2 aromatic rings. The lowest BCUT2D eigenvalue weighted by molar-refractivity contribution is -0.137. The van der Waals surface area contributed by atoms with Crippen LogP contribution in [0.4, 0.5) is 0 Å². The summed E-state index contributed by atoms with van der Waals surface area (Å²) in [7, 11) is 0. The van der Waals surface area contributed by atoms with Gasteiger partial charge in [0.05, 0.1) is 11.9 Å². The number of carboxylic acids is 1. The Kier molecular flexibility index (Phi) is 3.11. The number of carboxylic acid groups (broad SMARTS) is 1.